The fourth-order valence-corrected chi connectivity index (χ4v) is 3.30. The molecule has 2 fully saturated rings. The van der Waals surface area contributed by atoms with E-state index in [2.05, 4.69) is 26.1 Å². The van der Waals surface area contributed by atoms with E-state index in [1.165, 1.54) is 0 Å². The van der Waals surface area contributed by atoms with E-state index in [0.717, 1.165) is 45.4 Å². The first-order chi connectivity index (χ1) is 8.57. The monoisotopic (exact) mass is 254 g/mol. The molecule has 2 atom stereocenters. The molecule has 2 rings (SSSR count). The first kappa shape index (κ1) is 13.8. The molecule has 2 aliphatic rings. The summed E-state index contributed by atoms with van der Waals surface area (Å²) in [5.41, 5.74) is -0.123. The van der Waals surface area contributed by atoms with Crippen molar-refractivity contribution in [3.63, 3.8) is 0 Å². The van der Waals surface area contributed by atoms with Crippen LogP contribution in [0.4, 0.5) is 0 Å². The van der Waals surface area contributed by atoms with E-state index in [9.17, 15) is 4.79 Å². The molecule has 2 saturated heterocycles. The Kier molecular flexibility index (Phi) is 4.28. The number of nitrogens with zero attached hydrogens (tertiary/aromatic N) is 1. The number of hydrogen-bond donors (Lipinski definition) is 1. The molecule has 4 heteroatoms. The van der Waals surface area contributed by atoms with E-state index in [-0.39, 0.29) is 17.6 Å². The van der Waals surface area contributed by atoms with Crippen LogP contribution in [-0.2, 0) is 9.53 Å². The van der Waals surface area contributed by atoms with Crippen LogP contribution in [-0.4, -0.2) is 49.2 Å². The maximum atomic E-state index is 12.8. The van der Waals surface area contributed by atoms with Gasteiger partial charge in [-0.05, 0) is 46.2 Å². The van der Waals surface area contributed by atoms with Gasteiger partial charge in [0.25, 0.3) is 0 Å². The molecule has 0 unspecified atom stereocenters. The molecule has 0 aromatic rings. The van der Waals surface area contributed by atoms with E-state index < -0.39 is 0 Å². The second-order valence-corrected chi connectivity index (χ2v) is 5.85. The summed E-state index contributed by atoms with van der Waals surface area (Å²) in [5.74, 6) is 0.355. The Bertz CT molecular complexity index is 290. The van der Waals surface area contributed by atoms with Crippen molar-refractivity contribution in [3.8, 4) is 0 Å². The minimum atomic E-state index is -0.123. The molecule has 0 radical (unpaired) electrons. The third kappa shape index (κ3) is 2.69. The predicted octanol–water partition coefficient (Wildman–Crippen LogP) is 1.40. The van der Waals surface area contributed by atoms with Gasteiger partial charge in [-0.1, -0.05) is 6.92 Å². The summed E-state index contributed by atoms with van der Waals surface area (Å²) < 4.78 is 5.71. The first-order valence-electron chi connectivity index (χ1n) is 7.23. The van der Waals surface area contributed by atoms with Gasteiger partial charge in [0, 0.05) is 13.1 Å². The van der Waals surface area contributed by atoms with Gasteiger partial charge >= 0.3 is 0 Å². The molecule has 2 heterocycles. The number of morpholine rings is 1. The summed E-state index contributed by atoms with van der Waals surface area (Å²) in [7, 11) is 0. The molecule has 18 heavy (non-hydrogen) atoms. The number of carbonyl (C=O) groups is 1. The highest BCUT2D eigenvalue weighted by molar-refractivity contribution is 5.83. The summed E-state index contributed by atoms with van der Waals surface area (Å²) in [5, 5.41) is 3.35. The smallest absolute Gasteiger partial charge is 0.229 e. The maximum Gasteiger partial charge on any atom is 0.229 e. The first-order valence-corrected chi connectivity index (χ1v) is 7.23. The summed E-state index contributed by atoms with van der Waals surface area (Å²) in [6, 6.07) is 0. The Labute approximate surface area is 110 Å². The second-order valence-electron chi connectivity index (χ2n) is 5.85. The van der Waals surface area contributed by atoms with Gasteiger partial charge in [-0.3, -0.25) is 4.79 Å². The Balaban J connectivity index is 2.08. The SMILES string of the molecule is CCC1(C(=O)N2C[C@@H](C)O[C@@H](C)C2)CCNCC1. The van der Waals surface area contributed by atoms with Gasteiger partial charge in [0.05, 0.1) is 17.6 Å². The molecule has 2 aliphatic heterocycles. The zero-order valence-electron chi connectivity index (χ0n) is 11.9. The number of hydrogen-bond acceptors (Lipinski definition) is 3. The van der Waals surface area contributed by atoms with Crippen LogP contribution in [0.5, 0.6) is 0 Å². The lowest BCUT2D eigenvalue weighted by Crippen LogP contribution is -2.55. The van der Waals surface area contributed by atoms with Crippen molar-refractivity contribution in [3.05, 3.63) is 0 Å². The van der Waals surface area contributed by atoms with Crippen LogP contribution in [0.1, 0.15) is 40.0 Å². The number of piperidine rings is 1. The minimum Gasteiger partial charge on any atom is -0.372 e. The Morgan fingerprint density at radius 2 is 1.83 bits per heavy atom. The van der Waals surface area contributed by atoms with E-state index >= 15 is 0 Å². The Hall–Kier alpha value is -0.610. The zero-order valence-corrected chi connectivity index (χ0v) is 11.9. The maximum absolute atomic E-state index is 12.8. The van der Waals surface area contributed by atoms with Crippen molar-refractivity contribution in [2.75, 3.05) is 26.2 Å². The molecule has 0 aromatic heterocycles. The molecule has 4 nitrogen and oxygen atoms in total. The lowest BCUT2D eigenvalue weighted by atomic mass is 9.75. The van der Waals surface area contributed by atoms with Crippen LogP contribution in [0.15, 0.2) is 0 Å². The quantitative estimate of drug-likeness (QED) is 0.810. The van der Waals surface area contributed by atoms with Crippen molar-refractivity contribution in [1.82, 2.24) is 10.2 Å². The van der Waals surface area contributed by atoms with Gasteiger partial charge in [-0.2, -0.15) is 0 Å². The average molecular weight is 254 g/mol. The lowest BCUT2D eigenvalue weighted by molar-refractivity contribution is -0.155. The molecule has 0 saturated carbocycles. The van der Waals surface area contributed by atoms with Gasteiger partial charge in [0.2, 0.25) is 5.91 Å². The average Bonchev–Trinajstić information content (AvgIpc) is 2.37. The topological polar surface area (TPSA) is 41.6 Å². The van der Waals surface area contributed by atoms with Crippen LogP contribution >= 0.6 is 0 Å². The van der Waals surface area contributed by atoms with Crippen molar-refractivity contribution in [1.29, 1.82) is 0 Å². The number of carbonyl (C=O) groups excluding carboxylic acids is 1. The molecule has 0 spiro atoms. The molecule has 1 amide bonds. The van der Waals surface area contributed by atoms with Crippen molar-refractivity contribution >= 4 is 5.91 Å². The number of rotatable bonds is 2. The number of nitrogens with one attached hydrogen (secondary N) is 1. The lowest BCUT2D eigenvalue weighted by Gasteiger charge is -2.43. The summed E-state index contributed by atoms with van der Waals surface area (Å²) >= 11 is 0. The molecule has 104 valence electrons. The van der Waals surface area contributed by atoms with Crippen molar-refractivity contribution in [2.45, 2.75) is 52.2 Å². The summed E-state index contributed by atoms with van der Waals surface area (Å²) in [6.07, 6.45) is 3.22. The fraction of sp³-hybridized carbons (Fsp3) is 0.929. The highest BCUT2D eigenvalue weighted by atomic mass is 16.5. The largest absolute Gasteiger partial charge is 0.372 e. The third-order valence-corrected chi connectivity index (χ3v) is 4.40. The van der Waals surface area contributed by atoms with Gasteiger partial charge in [0.1, 0.15) is 0 Å². The standard InChI is InChI=1S/C14H26N2O2/c1-4-14(5-7-15-8-6-14)13(17)16-9-11(2)18-12(3)10-16/h11-12,15H,4-10H2,1-3H3/t11-,12+. The van der Waals surface area contributed by atoms with Crippen LogP contribution in [0, 0.1) is 5.41 Å². The highest BCUT2D eigenvalue weighted by Gasteiger charge is 2.42. The molecular formula is C14H26N2O2. The molecule has 1 N–H and O–H groups in total. The van der Waals surface area contributed by atoms with Gasteiger partial charge < -0.3 is 15.0 Å². The van der Waals surface area contributed by atoms with Gasteiger partial charge in [-0.25, -0.2) is 0 Å². The van der Waals surface area contributed by atoms with Gasteiger partial charge in [-0.15, -0.1) is 0 Å². The van der Waals surface area contributed by atoms with E-state index in [1.54, 1.807) is 0 Å². The van der Waals surface area contributed by atoms with E-state index in [4.69, 9.17) is 4.74 Å². The van der Waals surface area contributed by atoms with Crippen LogP contribution < -0.4 is 5.32 Å². The summed E-state index contributed by atoms with van der Waals surface area (Å²) in [6.45, 7) is 9.69. The predicted molar refractivity (Wildman–Crippen MR) is 71.4 cm³/mol. The normalized spacial score (nSPS) is 32.3. The second kappa shape index (κ2) is 5.57. The van der Waals surface area contributed by atoms with Crippen LogP contribution in [0.2, 0.25) is 0 Å². The third-order valence-electron chi connectivity index (χ3n) is 4.40. The fourth-order valence-electron chi connectivity index (χ4n) is 3.30. The van der Waals surface area contributed by atoms with Crippen LogP contribution in [0.3, 0.4) is 0 Å². The van der Waals surface area contributed by atoms with Crippen molar-refractivity contribution < 1.29 is 9.53 Å². The Morgan fingerprint density at radius 1 is 1.28 bits per heavy atom. The van der Waals surface area contributed by atoms with E-state index in [0.29, 0.717) is 5.91 Å². The number of ether oxygens (including phenoxy) is 1. The van der Waals surface area contributed by atoms with Crippen LogP contribution in [0.25, 0.3) is 0 Å². The summed E-state index contributed by atoms with van der Waals surface area (Å²) in [4.78, 5) is 14.9. The molecule has 0 aromatic carbocycles. The molecule has 0 bridgehead atoms. The highest BCUT2D eigenvalue weighted by Crippen LogP contribution is 2.35. The zero-order chi connectivity index (χ0) is 13.2. The molecule has 0 aliphatic carbocycles. The molecular weight excluding hydrogens is 228 g/mol. The minimum absolute atomic E-state index is 0.123. The Morgan fingerprint density at radius 3 is 2.33 bits per heavy atom. The number of amides is 1. The van der Waals surface area contributed by atoms with E-state index in [1.807, 2.05) is 4.90 Å². The van der Waals surface area contributed by atoms with Crippen molar-refractivity contribution in [2.24, 2.45) is 5.41 Å². The van der Waals surface area contributed by atoms with Gasteiger partial charge in [0.15, 0.2) is 0 Å².